The van der Waals surface area contributed by atoms with Crippen molar-refractivity contribution in [2.75, 3.05) is 6.54 Å². The van der Waals surface area contributed by atoms with Crippen molar-refractivity contribution in [1.29, 1.82) is 0 Å². The molecule has 2 aromatic rings. The Bertz CT molecular complexity index is 895. The van der Waals surface area contributed by atoms with Gasteiger partial charge in [0.1, 0.15) is 6.54 Å². The molecule has 4 rings (SSSR count). The summed E-state index contributed by atoms with van der Waals surface area (Å²) < 4.78 is 0. The van der Waals surface area contributed by atoms with E-state index in [1.165, 1.54) is 25.8 Å². The van der Waals surface area contributed by atoms with Crippen LogP contribution >= 0.6 is 0 Å². The molecule has 3 heteroatoms. The fourth-order valence-corrected chi connectivity index (χ4v) is 6.02. The quantitative estimate of drug-likeness (QED) is 0.867. The molecule has 134 valence electrons. The molecule has 3 unspecified atom stereocenters. The number of fused-ring (bicyclic) bond motifs is 3. The first-order chi connectivity index (χ1) is 11.7. The molecule has 3 nitrogen and oxygen atoms in total. The average molecular weight is 340 g/mol. The van der Waals surface area contributed by atoms with Crippen LogP contribution in [0.3, 0.4) is 0 Å². The third kappa shape index (κ3) is 2.83. The first-order valence-corrected chi connectivity index (χ1v) is 9.63. The summed E-state index contributed by atoms with van der Waals surface area (Å²) in [6.07, 6.45) is 3.91. The van der Waals surface area contributed by atoms with Crippen molar-refractivity contribution in [3.63, 3.8) is 0 Å². The molecule has 0 radical (unpaired) electrons. The Labute approximate surface area is 150 Å². The van der Waals surface area contributed by atoms with Crippen LogP contribution in [0.1, 0.15) is 56.9 Å². The monoisotopic (exact) mass is 339 g/mol. The number of benzene rings is 1. The van der Waals surface area contributed by atoms with Crippen molar-refractivity contribution >= 4 is 10.9 Å². The summed E-state index contributed by atoms with van der Waals surface area (Å²) in [6.45, 7) is 13.5. The lowest BCUT2D eigenvalue weighted by atomic mass is 9.65. The van der Waals surface area contributed by atoms with Gasteiger partial charge in [0.2, 0.25) is 0 Å². The molecule has 0 amide bonds. The molecular formula is C22H31N2O+. The number of pyridine rings is 1. The van der Waals surface area contributed by atoms with Crippen molar-refractivity contribution in [2.45, 2.75) is 66.5 Å². The Kier molecular flexibility index (Phi) is 3.66. The van der Waals surface area contributed by atoms with E-state index < -0.39 is 0 Å². The third-order valence-electron chi connectivity index (χ3n) is 6.64. The minimum absolute atomic E-state index is 0.230. The van der Waals surface area contributed by atoms with Crippen LogP contribution in [0.2, 0.25) is 0 Å². The van der Waals surface area contributed by atoms with Crippen LogP contribution < -0.4 is 10.3 Å². The van der Waals surface area contributed by atoms with E-state index in [1.807, 2.05) is 12.1 Å². The minimum atomic E-state index is 0.230. The number of likely N-dealkylation sites (tertiary alicyclic amines) is 1. The summed E-state index contributed by atoms with van der Waals surface area (Å²) in [5, 5.41) is 0.841. The fraction of sp³-hybridized carbons (Fsp3) is 0.591. The molecule has 1 saturated carbocycles. The molecule has 1 saturated heterocycles. The number of hydrogen-bond donors (Lipinski definition) is 2. The molecule has 1 aliphatic carbocycles. The number of aromatic amines is 1. The highest BCUT2D eigenvalue weighted by atomic mass is 16.1. The smallest absolute Gasteiger partial charge is 0.198 e. The number of rotatable bonds is 2. The maximum absolute atomic E-state index is 13.2. The average Bonchev–Trinajstić information content (AvgIpc) is 2.73. The number of quaternary nitrogens is 1. The molecular weight excluding hydrogens is 308 g/mol. The fourth-order valence-electron chi connectivity index (χ4n) is 6.02. The van der Waals surface area contributed by atoms with Crippen LogP contribution in [0, 0.1) is 24.7 Å². The lowest BCUT2D eigenvalue weighted by molar-refractivity contribution is -0.928. The number of aromatic nitrogens is 1. The molecule has 25 heavy (non-hydrogen) atoms. The number of hydrogen-bond acceptors (Lipinski definition) is 1. The van der Waals surface area contributed by atoms with Crippen molar-refractivity contribution in [1.82, 2.24) is 4.98 Å². The maximum Gasteiger partial charge on any atom is 0.198 e. The number of para-hydroxylation sites is 1. The normalized spacial score (nSPS) is 30.8. The van der Waals surface area contributed by atoms with E-state index in [9.17, 15) is 4.79 Å². The van der Waals surface area contributed by atoms with Gasteiger partial charge in [0, 0.05) is 29.3 Å². The summed E-state index contributed by atoms with van der Waals surface area (Å²) >= 11 is 0. The van der Waals surface area contributed by atoms with Crippen LogP contribution in [0.5, 0.6) is 0 Å². The predicted molar refractivity (Wildman–Crippen MR) is 103 cm³/mol. The van der Waals surface area contributed by atoms with Gasteiger partial charge >= 0.3 is 0 Å². The summed E-state index contributed by atoms with van der Waals surface area (Å²) in [4.78, 5) is 18.3. The van der Waals surface area contributed by atoms with Gasteiger partial charge in [0.05, 0.1) is 23.7 Å². The molecule has 2 N–H and O–H groups in total. The van der Waals surface area contributed by atoms with Crippen LogP contribution in [0.15, 0.2) is 23.0 Å². The Balaban J connectivity index is 1.72. The third-order valence-corrected chi connectivity index (χ3v) is 6.64. The van der Waals surface area contributed by atoms with Gasteiger partial charge in [-0.25, -0.2) is 0 Å². The largest absolute Gasteiger partial charge is 0.358 e. The summed E-state index contributed by atoms with van der Waals surface area (Å²) in [5.74, 6) is 0. The van der Waals surface area contributed by atoms with Gasteiger partial charge < -0.3 is 9.88 Å². The molecule has 2 fully saturated rings. The highest BCUT2D eigenvalue weighted by Gasteiger charge is 2.52. The van der Waals surface area contributed by atoms with Crippen LogP contribution in [0.4, 0.5) is 0 Å². The lowest BCUT2D eigenvalue weighted by Crippen LogP contribution is -3.12. The second kappa shape index (κ2) is 5.44. The second-order valence-corrected chi connectivity index (χ2v) is 9.82. The zero-order valence-electron chi connectivity index (χ0n) is 16.3. The molecule has 2 heterocycles. The Morgan fingerprint density at radius 2 is 1.96 bits per heavy atom. The number of aryl methyl sites for hydroxylation is 2. The van der Waals surface area contributed by atoms with Crippen molar-refractivity contribution in [3.8, 4) is 0 Å². The van der Waals surface area contributed by atoms with Gasteiger partial charge in [0.15, 0.2) is 5.43 Å². The van der Waals surface area contributed by atoms with Crippen molar-refractivity contribution in [3.05, 3.63) is 45.2 Å². The van der Waals surface area contributed by atoms with Gasteiger partial charge in [-0.1, -0.05) is 32.9 Å². The molecule has 0 spiro atoms. The van der Waals surface area contributed by atoms with Gasteiger partial charge in [-0.3, -0.25) is 4.79 Å². The Hall–Kier alpha value is -1.61. The first-order valence-electron chi connectivity index (χ1n) is 9.63. The van der Waals surface area contributed by atoms with Crippen molar-refractivity contribution < 1.29 is 4.90 Å². The van der Waals surface area contributed by atoms with Crippen molar-refractivity contribution in [2.24, 2.45) is 10.8 Å². The molecule has 1 aromatic heterocycles. The predicted octanol–water partition coefficient (Wildman–Crippen LogP) is 3.13. The number of H-pyrrole nitrogens is 1. The van der Waals surface area contributed by atoms with E-state index in [2.05, 4.69) is 45.7 Å². The van der Waals surface area contributed by atoms with Gasteiger partial charge in [0.25, 0.3) is 0 Å². The zero-order chi connectivity index (χ0) is 18.0. The molecule has 2 aliphatic rings. The SMILES string of the molecule is Cc1[nH]c2c(C)cccc2c(=O)c1C[NH+]1CC2(C)CC1CC(C)(C)C2. The standard InChI is InChI=1S/C22H30N2O/c1-14-7-6-8-17-19(14)23-15(2)18(20(17)25)11-24-13-22(5)10-16(24)9-21(3,4)12-22/h6-8,16H,9-13H2,1-5H3,(H,23,25)/p+1. The van der Waals surface area contributed by atoms with Crippen LogP contribution in [-0.2, 0) is 6.54 Å². The Morgan fingerprint density at radius 3 is 2.72 bits per heavy atom. The van der Waals surface area contributed by atoms with Crippen LogP contribution in [0.25, 0.3) is 10.9 Å². The van der Waals surface area contributed by atoms with E-state index in [1.54, 1.807) is 4.90 Å². The topological polar surface area (TPSA) is 37.3 Å². The van der Waals surface area contributed by atoms with E-state index in [0.717, 1.165) is 34.3 Å². The highest BCUT2D eigenvalue weighted by Crippen LogP contribution is 2.47. The summed E-state index contributed by atoms with van der Waals surface area (Å²) in [6, 6.07) is 6.72. The van der Waals surface area contributed by atoms with Gasteiger partial charge in [-0.2, -0.15) is 0 Å². The van der Waals surface area contributed by atoms with E-state index in [-0.39, 0.29) is 5.43 Å². The molecule has 1 aliphatic heterocycles. The van der Waals surface area contributed by atoms with E-state index >= 15 is 0 Å². The van der Waals surface area contributed by atoms with Gasteiger partial charge in [-0.15, -0.1) is 0 Å². The molecule has 2 bridgehead atoms. The zero-order valence-corrected chi connectivity index (χ0v) is 16.3. The van der Waals surface area contributed by atoms with Gasteiger partial charge in [-0.05, 0) is 37.3 Å². The number of nitrogens with one attached hydrogen (secondary N) is 2. The first kappa shape index (κ1) is 16.8. The lowest BCUT2D eigenvalue weighted by Gasteiger charge is -2.37. The molecule has 3 atom stereocenters. The maximum atomic E-state index is 13.2. The summed E-state index contributed by atoms with van der Waals surface area (Å²) in [5.41, 5.74) is 5.28. The van der Waals surface area contributed by atoms with E-state index in [0.29, 0.717) is 16.9 Å². The summed E-state index contributed by atoms with van der Waals surface area (Å²) in [7, 11) is 0. The Morgan fingerprint density at radius 1 is 1.20 bits per heavy atom. The minimum Gasteiger partial charge on any atom is -0.358 e. The van der Waals surface area contributed by atoms with Crippen LogP contribution in [-0.4, -0.2) is 17.6 Å². The molecule has 1 aromatic carbocycles. The van der Waals surface area contributed by atoms with E-state index in [4.69, 9.17) is 0 Å². The highest BCUT2D eigenvalue weighted by molar-refractivity contribution is 5.82. The second-order valence-electron chi connectivity index (χ2n) is 9.82.